The van der Waals surface area contributed by atoms with Gasteiger partial charge in [-0.25, -0.2) is 9.59 Å². The normalized spacial score (nSPS) is 15.1. The van der Waals surface area contributed by atoms with Crippen LogP contribution in [0.15, 0.2) is 12.2 Å². The summed E-state index contributed by atoms with van der Waals surface area (Å²) in [5, 5.41) is 2.52. The number of thioether (sulfide) groups is 1. The van der Waals surface area contributed by atoms with Gasteiger partial charge in [-0.1, -0.05) is 0 Å². The largest absolute Gasteiger partial charge is 0.458 e. The zero-order valence-corrected chi connectivity index (χ0v) is 24.7. The van der Waals surface area contributed by atoms with Gasteiger partial charge in [0.25, 0.3) is 17.7 Å². The summed E-state index contributed by atoms with van der Waals surface area (Å²) in [6.45, 7) is 9.54. The number of nitrogens with zero attached hydrogens (tertiary/aromatic N) is 2. The monoisotopic (exact) mass is 570 g/mol. The van der Waals surface area contributed by atoms with Gasteiger partial charge in [0.2, 0.25) is 5.91 Å². The van der Waals surface area contributed by atoms with Crippen molar-refractivity contribution in [2.24, 2.45) is 5.73 Å². The van der Waals surface area contributed by atoms with Gasteiger partial charge in [-0.2, -0.15) is 11.8 Å². The van der Waals surface area contributed by atoms with Crippen LogP contribution in [0, 0.1) is 0 Å². The summed E-state index contributed by atoms with van der Waals surface area (Å²) in [5.41, 5.74) is 3.89. The second kappa shape index (κ2) is 15.0. The highest BCUT2D eigenvalue weighted by Crippen LogP contribution is 2.20. The van der Waals surface area contributed by atoms with Crippen LogP contribution >= 0.6 is 11.8 Å². The number of rotatable bonds is 13. The smallest absolute Gasteiger partial charge is 0.408 e. The molecule has 0 aromatic rings. The van der Waals surface area contributed by atoms with Crippen LogP contribution in [0.5, 0.6) is 0 Å². The van der Waals surface area contributed by atoms with Gasteiger partial charge in [0.05, 0.1) is 6.54 Å². The number of alkyl carbamates (subject to hydrolysis) is 1. The van der Waals surface area contributed by atoms with Crippen molar-refractivity contribution in [3.8, 4) is 0 Å². The molecule has 0 aliphatic carbocycles. The van der Waals surface area contributed by atoms with Crippen LogP contribution in [0.3, 0.4) is 0 Å². The molecule has 1 rings (SSSR count). The number of esters is 1. The van der Waals surface area contributed by atoms with E-state index in [2.05, 4.69) is 5.32 Å². The molecule has 39 heavy (non-hydrogen) atoms. The van der Waals surface area contributed by atoms with Gasteiger partial charge in [-0.15, -0.1) is 0 Å². The molecular weight excluding hydrogens is 528 g/mol. The topological polar surface area (TPSA) is 165 Å². The molecule has 5 amide bonds. The molecule has 0 saturated heterocycles. The van der Waals surface area contributed by atoms with Crippen molar-refractivity contribution in [1.29, 1.82) is 0 Å². The molecular formula is C26H42N4O8S. The van der Waals surface area contributed by atoms with E-state index in [1.807, 2.05) is 6.26 Å². The number of carbonyl (C=O) groups is 6. The van der Waals surface area contributed by atoms with Crippen molar-refractivity contribution in [2.75, 3.05) is 25.1 Å². The Kier molecular flexibility index (Phi) is 13.1. The molecule has 2 atom stereocenters. The van der Waals surface area contributed by atoms with Crippen molar-refractivity contribution in [1.82, 2.24) is 15.1 Å². The molecule has 0 radical (unpaired) electrons. The predicted octanol–water partition coefficient (Wildman–Crippen LogP) is 1.75. The first-order chi connectivity index (χ1) is 18.0. The molecule has 220 valence electrons. The lowest BCUT2D eigenvalue weighted by atomic mass is 10.0. The first-order valence-electron chi connectivity index (χ1n) is 12.8. The van der Waals surface area contributed by atoms with E-state index in [9.17, 15) is 28.8 Å². The van der Waals surface area contributed by atoms with Crippen LogP contribution in [0.2, 0.25) is 0 Å². The van der Waals surface area contributed by atoms with Crippen LogP contribution in [-0.4, -0.2) is 93.9 Å². The average Bonchev–Trinajstić information content (AvgIpc) is 3.12. The molecule has 0 bridgehead atoms. The second-order valence-corrected chi connectivity index (χ2v) is 12.0. The predicted molar refractivity (Wildman–Crippen MR) is 146 cm³/mol. The van der Waals surface area contributed by atoms with Crippen molar-refractivity contribution in [3.05, 3.63) is 12.2 Å². The van der Waals surface area contributed by atoms with Gasteiger partial charge in [0.15, 0.2) is 0 Å². The summed E-state index contributed by atoms with van der Waals surface area (Å²) in [6.07, 6.45) is 4.10. The Morgan fingerprint density at radius 3 is 2.03 bits per heavy atom. The highest BCUT2D eigenvalue weighted by atomic mass is 32.2. The van der Waals surface area contributed by atoms with Crippen LogP contribution in [0.25, 0.3) is 0 Å². The number of unbranched alkanes of at least 4 members (excludes halogenated alkanes) is 1. The number of nitrogens with two attached hydrogens (primary N) is 1. The number of imide groups is 2. The quantitative estimate of drug-likeness (QED) is 0.189. The number of amides is 5. The number of hydrogen-bond donors (Lipinski definition) is 2. The second-order valence-electron chi connectivity index (χ2n) is 11.0. The zero-order chi connectivity index (χ0) is 30.0. The molecule has 13 heteroatoms. The Bertz CT molecular complexity index is 937. The molecule has 1 aliphatic heterocycles. The minimum Gasteiger partial charge on any atom is -0.458 e. The Balaban J connectivity index is 3.23. The molecule has 0 fully saturated rings. The third-order valence-electron chi connectivity index (χ3n) is 5.28. The average molecular weight is 571 g/mol. The van der Waals surface area contributed by atoms with E-state index >= 15 is 0 Å². The van der Waals surface area contributed by atoms with Crippen LogP contribution in [0.1, 0.15) is 67.2 Å². The Morgan fingerprint density at radius 1 is 0.974 bits per heavy atom. The fourth-order valence-corrected chi connectivity index (χ4v) is 4.11. The number of nitrogens with one attached hydrogen (secondary N) is 1. The van der Waals surface area contributed by atoms with E-state index in [1.54, 1.807) is 41.5 Å². The van der Waals surface area contributed by atoms with E-state index in [0.29, 0.717) is 12.2 Å². The maximum absolute atomic E-state index is 13.7. The van der Waals surface area contributed by atoms with Gasteiger partial charge in [0, 0.05) is 18.7 Å². The maximum atomic E-state index is 13.7. The van der Waals surface area contributed by atoms with Crippen molar-refractivity contribution in [2.45, 2.75) is 90.5 Å². The number of hydrogen-bond acceptors (Lipinski definition) is 10. The van der Waals surface area contributed by atoms with Gasteiger partial charge in [0.1, 0.15) is 23.3 Å². The molecule has 0 spiro atoms. The van der Waals surface area contributed by atoms with Crippen molar-refractivity contribution in [3.63, 3.8) is 0 Å². The summed E-state index contributed by atoms with van der Waals surface area (Å²) in [5.74, 6) is -2.82. The lowest BCUT2D eigenvalue weighted by molar-refractivity contribution is -0.169. The molecule has 0 aromatic carbocycles. The Hall–Kier alpha value is -2.93. The SMILES string of the molecule is CSCC[C@H](NC(=O)OC(C)(C)C)C(=O)N(C(=O)CN)[C@@H](CCCCN1C(=O)C=CC1=O)C(=O)OC(C)(C)C. The highest BCUT2D eigenvalue weighted by Gasteiger charge is 2.40. The lowest BCUT2D eigenvalue weighted by Gasteiger charge is -2.33. The lowest BCUT2D eigenvalue weighted by Crippen LogP contribution is -2.58. The summed E-state index contributed by atoms with van der Waals surface area (Å²) >= 11 is 1.44. The van der Waals surface area contributed by atoms with E-state index in [0.717, 1.165) is 9.80 Å². The molecule has 1 aliphatic rings. The van der Waals surface area contributed by atoms with Gasteiger partial charge < -0.3 is 20.5 Å². The Morgan fingerprint density at radius 2 is 1.54 bits per heavy atom. The van der Waals surface area contributed by atoms with Gasteiger partial charge >= 0.3 is 12.1 Å². The molecule has 12 nitrogen and oxygen atoms in total. The summed E-state index contributed by atoms with van der Waals surface area (Å²) < 4.78 is 10.8. The van der Waals surface area contributed by atoms with Crippen LogP contribution in [0.4, 0.5) is 4.79 Å². The molecule has 3 N–H and O–H groups in total. The third kappa shape index (κ3) is 11.8. The highest BCUT2D eigenvalue weighted by molar-refractivity contribution is 7.98. The van der Waals surface area contributed by atoms with Gasteiger partial charge in [-0.3, -0.25) is 29.0 Å². The third-order valence-corrected chi connectivity index (χ3v) is 5.92. The molecule has 0 unspecified atom stereocenters. The van der Waals surface area contributed by atoms with E-state index in [4.69, 9.17) is 15.2 Å². The molecule has 1 heterocycles. The number of carbonyl (C=O) groups excluding carboxylic acids is 6. The van der Waals surface area contributed by atoms with E-state index < -0.39 is 65.5 Å². The summed E-state index contributed by atoms with van der Waals surface area (Å²) in [4.78, 5) is 78.0. The summed E-state index contributed by atoms with van der Waals surface area (Å²) in [7, 11) is 0. The summed E-state index contributed by atoms with van der Waals surface area (Å²) in [6, 6.07) is -2.51. The fourth-order valence-electron chi connectivity index (χ4n) is 3.64. The molecule has 0 aromatic heterocycles. The molecule has 0 saturated carbocycles. The van der Waals surface area contributed by atoms with Gasteiger partial charge in [-0.05, 0) is 79.2 Å². The van der Waals surface area contributed by atoms with Crippen molar-refractivity contribution >= 4 is 47.5 Å². The fraction of sp³-hybridized carbons (Fsp3) is 0.692. The van der Waals surface area contributed by atoms with Crippen LogP contribution in [-0.2, 0) is 33.4 Å². The van der Waals surface area contributed by atoms with E-state index in [1.165, 1.54) is 23.9 Å². The van der Waals surface area contributed by atoms with E-state index in [-0.39, 0.29) is 25.8 Å². The maximum Gasteiger partial charge on any atom is 0.408 e. The minimum absolute atomic E-state index is 0.00225. The first kappa shape index (κ1) is 34.1. The Labute approximate surface area is 234 Å². The van der Waals surface area contributed by atoms with Crippen LogP contribution < -0.4 is 11.1 Å². The number of ether oxygens (including phenoxy) is 2. The standard InChI is InChI=1S/C26H42N4O8S/c1-25(2,3)37-23(35)18(10-8-9-14-29-19(31)11-12-20(29)32)30(21(33)16-27)22(34)17(13-15-39-7)28-24(36)38-26(4,5)6/h11-12,17-18H,8-10,13-16,27H2,1-7H3,(H,28,36)/t17-,18-/m0/s1. The minimum atomic E-state index is -1.34. The first-order valence-corrected chi connectivity index (χ1v) is 14.2. The zero-order valence-electron chi connectivity index (χ0n) is 23.9. The van der Waals surface area contributed by atoms with Crippen molar-refractivity contribution < 1.29 is 38.2 Å².